The predicted octanol–water partition coefficient (Wildman–Crippen LogP) is 2.40. The third-order valence-electron chi connectivity index (χ3n) is 3.82. The van der Waals surface area contributed by atoms with Crippen molar-refractivity contribution >= 4 is 40.4 Å². The lowest BCUT2D eigenvalue weighted by Gasteiger charge is -2.15. The molecule has 1 aliphatic carbocycles. The fraction of sp³-hybridized carbons (Fsp3) is 0.188. The van der Waals surface area contributed by atoms with Crippen molar-refractivity contribution in [2.45, 2.75) is 18.3 Å². The molecule has 0 aliphatic heterocycles. The minimum absolute atomic E-state index is 0.0204. The Labute approximate surface area is 145 Å². The number of halogens is 1. The normalized spacial score (nSPS) is 15.0. The highest BCUT2D eigenvalue weighted by atomic mass is 127. The van der Waals surface area contributed by atoms with Gasteiger partial charge in [-0.2, -0.15) is 0 Å². The van der Waals surface area contributed by atoms with Crippen LogP contribution in [0.4, 0.5) is 0 Å². The Bertz CT molecular complexity index is 793. The molecule has 0 spiro atoms. The van der Waals surface area contributed by atoms with E-state index in [0.29, 0.717) is 18.4 Å². The average molecular weight is 425 g/mol. The second kappa shape index (κ2) is 5.80. The minimum atomic E-state index is -0.838. The summed E-state index contributed by atoms with van der Waals surface area (Å²) in [6.45, 7) is 0. The lowest BCUT2D eigenvalue weighted by molar-refractivity contribution is -0.141. The number of carbonyl (C=O) groups excluding carboxylic acids is 3. The Morgan fingerprint density at radius 2 is 1.96 bits per heavy atom. The van der Waals surface area contributed by atoms with Gasteiger partial charge >= 0.3 is 11.9 Å². The van der Waals surface area contributed by atoms with Crippen LogP contribution in [-0.4, -0.2) is 17.8 Å². The van der Waals surface area contributed by atoms with Gasteiger partial charge in [-0.1, -0.05) is 6.07 Å². The lowest BCUT2D eigenvalue weighted by Crippen LogP contribution is -2.27. The van der Waals surface area contributed by atoms with Crippen LogP contribution in [0.15, 0.2) is 41.0 Å². The van der Waals surface area contributed by atoms with E-state index in [1.54, 1.807) is 24.3 Å². The van der Waals surface area contributed by atoms with Crippen LogP contribution in [-0.2, 0) is 14.9 Å². The molecule has 0 saturated heterocycles. The van der Waals surface area contributed by atoms with Crippen molar-refractivity contribution < 1.29 is 23.5 Å². The van der Waals surface area contributed by atoms with Crippen LogP contribution < -0.4 is 5.73 Å². The van der Waals surface area contributed by atoms with Crippen LogP contribution in [0.1, 0.15) is 39.3 Å². The van der Waals surface area contributed by atoms with Gasteiger partial charge in [-0.25, -0.2) is 4.79 Å². The zero-order valence-corrected chi connectivity index (χ0v) is 14.0. The molecular formula is C16H12INO5. The number of nitrogens with two attached hydrogens (primary N) is 1. The molecular weight excluding hydrogens is 413 g/mol. The third kappa shape index (κ3) is 2.88. The highest BCUT2D eigenvalue weighted by Crippen LogP contribution is 2.50. The fourth-order valence-electron chi connectivity index (χ4n) is 2.39. The van der Waals surface area contributed by atoms with Gasteiger partial charge in [0.15, 0.2) is 0 Å². The maximum Gasteiger partial charge on any atom is 0.381 e. The number of esters is 2. The van der Waals surface area contributed by atoms with Gasteiger partial charge in [-0.3, -0.25) is 9.59 Å². The molecule has 2 aromatic rings. The van der Waals surface area contributed by atoms with Crippen molar-refractivity contribution in [1.82, 2.24) is 0 Å². The summed E-state index contributed by atoms with van der Waals surface area (Å²) in [5, 5.41) is 0. The summed E-state index contributed by atoms with van der Waals surface area (Å²) in [4.78, 5) is 35.5. The number of rotatable bonds is 4. The van der Waals surface area contributed by atoms with Crippen molar-refractivity contribution in [3.05, 3.63) is 57.1 Å². The SMILES string of the molecule is NC(=O)c1ccc(C2(C(=O)OC(=O)c3ccco3)CC2)c(I)c1. The molecule has 0 bridgehead atoms. The summed E-state index contributed by atoms with van der Waals surface area (Å²) in [5.74, 6) is -1.97. The number of amides is 1. The summed E-state index contributed by atoms with van der Waals surface area (Å²) in [7, 11) is 0. The number of furan rings is 1. The molecule has 0 atom stereocenters. The topological polar surface area (TPSA) is 99.6 Å². The monoisotopic (exact) mass is 425 g/mol. The molecule has 3 rings (SSSR count). The van der Waals surface area contributed by atoms with Crippen LogP contribution in [0.5, 0.6) is 0 Å². The summed E-state index contributed by atoms with van der Waals surface area (Å²) in [6, 6.07) is 7.86. The Hall–Kier alpha value is -2.16. The van der Waals surface area contributed by atoms with Crippen molar-refractivity contribution in [2.75, 3.05) is 0 Å². The van der Waals surface area contributed by atoms with E-state index in [2.05, 4.69) is 0 Å². The largest absolute Gasteiger partial charge is 0.457 e. The smallest absolute Gasteiger partial charge is 0.381 e. The molecule has 1 fully saturated rings. The molecule has 23 heavy (non-hydrogen) atoms. The van der Waals surface area contributed by atoms with Gasteiger partial charge in [0, 0.05) is 9.13 Å². The summed E-state index contributed by atoms with van der Waals surface area (Å²) in [5.41, 5.74) is 5.52. The molecule has 1 amide bonds. The van der Waals surface area contributed by atoms with Gasteiger partial charge in [0.1, 0.15) is 0 Å². The van der Waals surface area contributed by atoms with Gasteiger partial charge in [0.05, 0.1) is 11.7 Å². The van der Waals surface area contributed by atoms with E-state index in [0.717, 1.165) is 9.13 Å². The Morgan fingerprint density at radius 3 is 2.48 bits per heavy atom. The van der Waals surface area contributed by atoms with Gasteiger partial charge in [-0.15, -0.1) is 0 Å². The second-order valence-corrected chi connectivity index (χ2v) is 6.46. The Balaban J connectivity index is 1.83. The number of carbonyl (C=O) groups is 3. The van der Waals surface area contributed by atoms with E-state index >= 15 is 0 Å². The van der Waals surface area contributed by atoms with E-state index in [-0.39, 0.29) is 5.76 Å². The van der Waals surface area contributed by atoms with E-state index in [1.807, 2.05) is 22.6 Å². The molecule has 0 radical (unpaired) electrons. The molecule has 6 nitrogen and oxygen atoms in total. The van der Waals surface area contributed by atoms with Crippen LogP contribution in [0.2, 0.25) is 0 Å². The van der Waals surface area contributed by atoms with E-state index in [4.69, 9.17) is 14.9 Å². The van der Waals surface area contributed by atoms with Gasteiger partial charge in [-0.05, 0) is 65.3 Å². The van der Waals surface area contributed by atoms with Crippen LogP contribution >= 0.6 is 22.6 Å². The molecule has 1 aromatic heterocycles. The van der Waals surface area contributed by atoms with Crippen molar-refractivity contribution in [1.29, 1.82) is 0 Å². The first-order chi connectivity index (χ1) is 10.9. The van der Waals surface area contributed by atoms with Gasteiger partial charge in [0.2, 0.25) is 11.7 Å². The highest BCUT2D eigenvalue weighted by Gasteiger charge is 2.54. The summed E-state index contributed by atoms with van der Waals surface area (Å²) >= 11 is 2.04. The Kier molecular flexibility index (Phi) is 3.97. The average Bonchev–Trinajstić information content (AvgIpc) is 3.12. The predicted molar refractivity (Wildman–Crippen MR) is 87.7 cm³/mol. The zero-order chi connectivity index (χ0) is 16.6. The molecule has 1 heterocycles. The number of ether oxygens (including phenoxy) is 1. The maximum atomic E-state index is 12.4. The minimum Gasteiger partial charge on any atom is -0.457 e. The molecule has 1 saturated carbocycles. The highest BCUT2D eigenvalue weighted by molar-refractivity contribution is 14.1. The van der Waals surface area contributed by atoms with Gasteiger partial charge < -0.3 is 14.9 Å². The second-order valence-electron chi connectivity index (χ2n) is 5.30. The zero-order valence-electron chi connectivity index (χ0n) is 11.9. The Morgan fingerprint density at radius 1 is 1.22 bits per heavy atom. The van der Waals surface area contributed by atoms with Crippen molar-refractivity contribution in [3.63, 3.8) is 0 Å². The number of hydrogen-bond acceptors (Lipinski definition) is 5. The maximum absolute atomic E-state index is 12.4. The molecule has 0 unspecified atom stereocenters. The first-order valence-electron chi connectivity index (χ1n) is 6.84. The lowest BCUT2D eigenvalue weighted by atomic mass is 9.95. The first kappa shape index (κ1) is 15.7. The van der Waals surface area contributed by atoms with E-state index in [1.165, 1.54) is 12.3 Å². The van der Waals surface area contributed by atoms with Gasteiger partial charge in [0.25, 0.3) is 0 Å². The molecule has 7 heteroatoms. The first-order valence-corrected chi connectivity index (χ1v) is 7.92. The molecule has 1 aromatic carbocycles. The fourth-order valence-corrected chi connectivity index (χ4v) is 3.42. The van der Waals surface area contributed by atoms with Crippen molar-refractivity contribution in [3.8, 4) is 0 Å². The van der Waals surface area contributed by atoms with Crippen LogP contribution in [0.25, 0.3) is 0 Å². The van der Waals surface area contributed by atoms with Crippen LogP contribution in [0.3, 0.4) is 0 Å². The molecule has 1 aliphatic rings. The van der Waals surface area contributed by atoms with Crippen LogP contribution in [0, 0.1) is 3.57 Å². The van der Waals surface area contributed by atoms with E-state index in [9.17, 15) is 14.4 Å². The number of primary amides is 1. The number of hydrogen-bond donors (Lipinski definition) is 1. The molecule has 118 valence electrons. The third-order valence-corrected chi connectivity index (χ3v) is 4.71. The molecule has 2 N–H and O–H groups in total. The summed E-state index contributed by atoms with van der Waals surface area (Å²) < 4.78 is 10.6. The number of benzene rings is 1. The van der Waals surface area contributed by atoms with E-state index < -0.39 is 23.3 Å². The standard InChI is InChI=1S/C16H12INO5/c17-11-8-9(13(18)19)3-4-10(11)16(5-6-16)15(21)23-14(20)12-2-1-7-22-12/h1-4,7-8H,5-6H2,(H2,18,19). The quantitative estimate of drug-likeness (QED) is 0.461. The summed E-state index contributed by atoms with van der Waals surface area (Å²) in [6.07, 6.45) is 2.51. The van der Waals surface area contributed by atoms with Crippen molar-refractivity contribution in [2.24, 2.45) is 5.73 Å².